The molecule has 1 heterocycles. The summed E-state index contributed by atoms with van der Waals surface area (Å²) >= 11 is 8.40. The summed E-state index contributed by atoms with van der Waals surface area (Å²) in [6.45, 7) is 8.44. The number of benzene rings is 1. The molecule has 1 aromatic carbocycles. The van der Waals surface area contributed by atoms with Crippen LogP contribution in [-0.2, 0) is 0 Å². The van der Waals surface area contributed by atoms with E-state index in [2.05, 4.69) is 18.7 Å². The maximum atomic E-state index is 9.59. The van der Waals surface area contributed by atoms with Crippen molar-refractivity contribution < 1.29 is 5.11 Å². The predicted molar refractivity (Wildman–Crippen MR) is 85.5 cm³/mol. The van der Waals surface area contributed by atoms with E-state index < -0.39 is 6.10 Å². The van der Waals surface area contributed by atoms with E-state index in [1.807, 2.05) is 30.0 Å². The molecule has 1 N–H and O–H groups in total. The molecule has 1 atom stereocenters. The summed E-state index contributed by atoms with van der Waals surface area (Å²) in [5, 5.41) is 10.3. The van der Waals surface area contributed by atoms with Gasteiger partial charge in [0.25, 0.3) is 0 Å². The summed E-state index contributed by atoms with van der Waals surface area (Å²) in [5.41, 5.74) is 1.96. The van der Waals surface area contributed by atoms with Crippen molar-refractivity contribution in [3.05, 3.63) is 28.8 Å². The first-order valence-electron chi connectivity index (χ1n) is 6.75. The molecular formula is C15H22ClNOS. The van der Waals surface area contributed by atoms with Crippen molar-refractivity contribution >= 4 is 29.1 Å². The van der Waals surface area contributed by atoms with Gasteiger partial charge in [-0.25, -0.2) is 0 Å². The minimum Gasteiger partial charge on any atom is -0.389 e. The van der Waals surface area contributed by atoms with Gasteiger partial charge in [0.15, 0.2) is 0 Å². The van der Waals surface area contributed by atoms with Gasteiger partial charge in [-0.05, 0) is 31.0 Å². The van der Waals surface area contributed by atoms with Crippen molar-refractivity contribution in [2.75, 3.05) is 23.7 Å². The topological polar surface area (TPSA) is 23.5 Å². The van der Waals surface area contributed by atoms with E-state index in [0.717, 1.165) is 41.5 Å². The Hall–Kier alpha value is -0.380. The summed E-state index contributed by atoms with van der Waals surface area (Å²) in [5.74, 6) is 1.13. The molecule has 0 aromatic heterocycles. The molecule has 0 amide bonds. The highest BCUT2D eigenvalue weighted by atomic mass is 35.5. The normalized spacial score (nSPS) is 21.0. The first kappa shape index (κ1) is 15.0. The molecule has 1 aromatic rings. The van der Waals surface area contributed by atoms with Crippen LogP contribution in [0, 0.1) is 0 Å². The summed E-state index contributed by atoms with van der Waals surface area (Å²) in [6, 6.07) is 5.88. The Morgan fingerprint density at radius 2 is 2.11 bits per heavy atom. The Morgan fingerprint density at radius 1 is 1.37 bits per heavy atom. The minimum absolute atomic E-state index is 0.348. The van der Waals surface area contributed by atoms with Gasteiger partial charge in [0.2, 0.25) is 0 Å². The fourth-order valence-corrected chi connectivity index (χ4v) is 3.71. The zero-order valence-corrected chi connectivity index (χ0v) is 13.4. The predicted octanol–water partition coefficient (Wildman–Crippen LogP) is 4.12. The molecule has 0 saturated carbocycles. The average molecular weight is 300 g/mol. The second-order valence-corrected chi connectivity index (χ2v) is 7.94. The zero-order valence-electron chi connectivity index (χ0n) is 11.8. The molecular weight excluding hydrogens is 278 g/mol. The quantitative estimate of drug-likeness (QED) is 0.889. The molecule has 0 spiro atoms. The van der Waals surface area contributed by atoms with Crippen molar-refractivity contribution in [3.8, 4) is 0 Å². The smallest absolute Gasteiger partial charge is 0.0762 e. The standard InChI is InChI=1S/C15H22ClNOS/c1-11(18)12-4-5-14(13(16)10-12)17-7-6-15(2,3)19-9-8-17/h4-5,10-11,18H,6-9H2,1-3H3. The van der Waals surface area contributed by atoms with Crippen LogP contribution in [-0.4, -0.2) is 28.7 Å². The first-order chi connectivity index (χ1) is 8.89. The third kappa shape index (κ3) is 3.80. The molecule has 4 heteroatoms. The summed E-state index contributed by atoms with van der Waals surface area (Å²) < 4.78 is 0.348. The van der Waals surface area contributed by atoms with E-state index in [4.69, 9.17) is 11.6 Å². The monoisotopic (exact) mass is 299 g/mol. The number of aliphatic hydroxyl groups excluding tert-OH is 1. The van der Waals surface area contributed by atoms with E-state index in [0.29, 0.717) is 4.75 Å². The lowest BCUT2D eigenvalue weighted by Crippen LogP contribution is -2.27. The molecule has 106 valence electrons. The second-order valence-electron chi connectivity index (χ2n) is 5.73. The van der Waals surface area contributed by atoms with Crippen LogP contribution >= 0.6 is 23.4 Å². The van der Waals surface area contributed by atoms with Gasteiger partial charge in [-0.3, -0.25) is 0 Å². The van der Waals surface area contributed by atoms with E-state index in [9.17, 15) is 5.11 Å². The molecule has 19 heavy (non-hydrogen) atoms. The largest absolute Gasteiger partial charge is 0.389 e. The summed E-state index contributed by atoms with van der Waals surface area (Å²) in [7, 11) is 0. The number of hydrogen-bond acceptors (Lipinski definition) is 3. The molecule has 1 aliphatic rings. The first-order valence-corrected chi connectivity index (χ1v) is 8.12. The van der Waals surface area contributed by atoms with Crippen LogP contribution in [0.5, 0.6) is 0 Å². The fourth-order valence-electron chi connectivity index (χ4n) is 2.30. The maximum Gasteiger partial charge on any atom is 0.0762 e. The molecule has 0 aliphatic carbocycles. The molecule has 2 nitrogen and oxygen atoms in total. The van der Waals surface area contributed by atoms with E-state index in [-0.39, 0.29) is 0 Å². The van der Waals surface area contributed by atoms with E-state index in [1.165, 1.54) is 0 Å². The number of aliphatic hydroxyl groups is 1. The van der Waals surface area contributed by atoms with Gasteiger partial charge in [0.05, 0.1) is 16.8 Å². The molecule has 0 bridgehead atoms. The number of halogens is 1. The van der Waals surface area contributed by atoms with Crippen molar-refractivity contribution in [2.45, 2.75) is 38.0 Å². The van der Waals surface area contributed by atoms with Gasteiger partial charge < -0.3 is 10.0 Å². The van der Waals surface area contributed by atoms with Gasteiger partial charge in [-0.2, -0.15) is 11.8 Å². The molecule has 1 unspecified atom stereocenters. The van der Waals surface area contributed by atoms with Crippen LogP contribution in [0.15, 0.2) is 18.2 Å². The van der Waals surface area contributed by atoms with Gasteiger partial charge in [-0.15, -0.1) is 0 Å². The highest BCUT2D eigenvalue weighted by molar-refractivity contribution is 8.00. The fraction of sp³-hybridized carbons (Fsp3) is 0.600. The molecule has 1 saturated heterocycles. The molecule has 1 fully saturated rings. The Kier molecular flexibility index (Phi) is 4.70. The molecule has 2 rings (SSSR count). The van der Waals surface area contributed by atoms with E-state index >= 15 is 0 Å². The van der Waals surface area contributed by atoms with Gasteiger partial charge in [0.1, 0.15) is 0 Å². The number of rotatable bonds is 2. The van der Waals surface area contributed by atoms with Gasteiger partial charge in [-0.1, -0.05) is 31.5 Å². The van der Waals surface area contributed by atoms with Crippen LogP contribution in [0.1, 0.15) is 38.9 Å². The summed E-state index contributed by atoms with van der Waals surface area (Å²) in [6.07, 6.45) is 0.691. The average Bonchev–Trinajstić information content (AvgIpc) is 2.50. The number of hydrogen-bond donors (Lipinski definition) is 1. The Balaban J connectivity index is 2.18. The second kappa shape index (κ2) is 5.94. The van der Waals surface area contributed by atoms with Crippen molar-refractivity contribution in [1.82, 2.24) is 0 Å². The van der Waals surface area contributed by atoms with Crippen LogP contribution in [0.25, 0.3) is 0 Å². The highest BCUT2D eigenvalue weighted by Gasteiger charge is 2.24. The van der Waals surface area contributed by atoms with Crippen LogP contribution in [0.4, 0.5) is 5.69 Å². The Morgan fingerprint density at radius 3 is 2.74 bits per heavy atom. The third-order valence-electron chi connectivity index (χ3n) is 3.63. The lowest BCUT2D eigenvalue weighted by molar-refractivity contribution is 0.199. The van der Waals surface area contributed by atoms with Crippen LogP contribution in [0.3, 0.4) is 0 Å². The van der Waals surface area contributed by atoms with E-state index in [1.54, 1.807) is 6.92 Å². The minimum atomic E-state index is -0.467. The third-order valence-corrected chi connectivity index (χ3v) is 5.31. The van der Waals surface area contributed by atoms with Crippen LogP contribution in [0.2, 0.25) is 5.02 Å². The molecule has 1 aliphatic heterocycles. The maximum absolute atomic E-state index is 9.59. The van der Waals surface area contributed by atoms with Crippen LogP contribution < -0.4 is 4.90 Å². The number of anilines is 1. The lowest BCUT2D eigenvalue weighted by atomic mass is 10.1. The van der Waals surface area contributed by atoms with Crippen molar-refractivity contribution in [1.29, 1.82) is 0 Å². The van der Waals surface area contributed by atoms with Crippen molar-refractivity contribution in [3.63, 3.8) is 0 Å². The Bertz CT molecular complexity index is 448. The Labute approximate surface area is 125 Å². The highest BCUT2D eigenvalue weighted by Crippen LogP contribution is 2.35. The number of thioether (sulfide) groups is 1. The molecule has 0 radical (unpaired) electrons. The lowest BCUT2D eigenvalue weighted by Gasteiger charge is -2.25. The zero-order chi connectivity index (χ0) is 14.0. The SMILES string of the molecule is CC(O)c1ccc(N2CCSC(C)(C)CC2)c(Cl)c1. The van der Waals surface area contributed by atoms with Crippen molar-refractivity contribution in [2.24, 2.45) is 0 Å². The summed E-state index contributed by atoms with van der Waals surface area (Å²) in [4.78, 5) is 2.36. The number of nitrogens with zero attached hydrogens (tertiary/aromatic N) is 1. The van der Waals surface area contributed by atoms with Gasteiger partial charge in [0, 0.05) is 23.6 Å². The van der Waals surface area contributed by atoms with Gasteiger partial charge >= 0.3 is 0 Å².